The topological polar surface area (TPSA) is 125 Å². The second-order valence-electron chi connectivity index (χ2n) is 11.0. The summed E-state index contributed by atoms with van der Waals surface area (Å²) in [5, 5.41) is 0. The van der Waals surface area contributed by atoms with Crippen LogP contribution in [0.15, 0.2) is 42.6 Å². The summed E-state index contributed by atoms with van der Waals surface area (Å²) in [4.78, 5) is 32.3. The van der Waals surface area contributed by atoms with Crippen molar-refractivity contribution in [3.05, 3.63) is 53.7 Å². The van der Waals surface area contributed by atoms with Crippen molar-refractivity contribution < 1.29 is 36.4 Å². The first-order chi connectivity index (χ1) is 18.9. The minimum absolute atomic E-state index is 0.0372. The van der Waals surface area contributed by atoms with Gasteiger partial charge < -0.3 is 14.2 Å². The molecule has 2 rings (SSSR count). The van der Waals surface area contributed by atoms with Gasteiger partial charge in [-0.1, -0.05) is 11.8 Å². The normalized spacial score (nSPS) is 11.7. The molecule has 2 amide bonds. The van der Waals surface area contributed by atoms with Crippen molar-refractivity contribution in [1.82, 2.24) is 4.98 Å². The number of benzene rings is 1. The molecule has 0 saturated carbocycles. The third-order valence-electron chi connectivity index (χ3n) is 4.90. The van der Waals surface area contributed by atoms with Crippen molar-refractivity contribution in [2.75, 3.05) is 49.5 Å². The largest absolute Gasteiger partial charge is 0.443 e. The predicted molar refractivity (Wildman–Crippen MR) is 156 cm³/mol. The molecule has 41 heavy (non-hydrogen) atoms. The lowest BCUT2D eigenvalue weighted by atomic mass is 10.2. The van der Waals surface area contributed by atoms with Gasteiger partial charge in [-0.2, -0.15) is 8.42 Å². The van der Waals surface area contributed by atoms with Crippen molar-refractivity contribution in [3.8, 4) is 11.8 Å². The SMILES string of the molecule is CN(C(=O)OC(C)(C)C)c1ccc(C#Cc2ccc(N(CCOCCOS(C)(=O)=O)C(=O)OC(C)(C)C)nc2)cc1. The van der Waals surface area contributed by atoms with Gasteiger partial charge >= 0.3 is 12.2 Å². The molecule has 1 heterocycles. The molecule has 11 nitrogen and oxygen atoms in total. The number of rotatable bonds is 9. The fraction of sp³-hybridized carbons (Fsp3) is 0.483. The van der Waals surface area contributed by atoms with Crippen LogP contribution in [0.2, 0.25) is 0 Å². The standard InChI is InChI=1S/C29H39N3O8S/c1-28(2,3)39-26(33)31(7)24-14-11-22(12-15-24)9-10-23-13-16-25(30-21-23)32(27(34)40-29(4,5)6)17-18-37-19-20-38-41(8,35)36/h11-16,21H,17-20H2,1-8H3. The molecule has 0 saturated heterocycles. The number of hydrogen-bond donors (Lipinski definition) is 0. The van der Waals surface area contributed by atoms with E-state index in [4.69, 9.17) is 14.2 Å². The van der Waals surface area contributed by atoms with Crippen LogP contribution in [0.4, 0.5) is 21.1 Å². The number of carbonyl (C=O) groups excluding carboxylic acids is 2. The Kier molecular flexibility index (Phi) is 11.7. The van der Waals surface area contributed by atoms with E-state index < -0.39 is 33.5 Å². The molecule has 0 aliphatic rings. The van der Waals surface area contributed by atoms with Gasteiger partial charge in [-0.05, 0) is 77.9 Å². The zero-order valence-corrected chi connectivity index (χ0v) is 25.7. The van der Waals surface area contributed by atoms with Crippen LogP contribution in [0.1, 0.15) is 52.7 Å². The summed E-state index contributed by atoms with van der Waals surface area (Å²) in [5.74, 6) is 6.44. The summed E-state index contributed by atoms with van der Waals surface area (Å²) in [7, 11) is -1.91. The summed E-state index contributed by atoms with van der Waals surface area (Å²) < 4.78 is 43.0. The summed E-state index contributed by atoms with van der Waals surface area (Å²) in [6, 6.07) is 10.6. The molecule has 2 aromatic rings. The fourth-order valence-corrected chi connectivity index (χ4v) is 3.46. The Hall–Kier alpha value is -3.66. The lowest BCUT2D eigenvalue weighted by Gasteiger charge is -2.26. The van der Waals surface area contributed by atoms with E-state index in [1.165, 1.54) is 9.80 Å². The zero-order chi connectivity index (χ0) is 30.8. The third-order valence-corrected chi connectivity index (χ3v) is 5.49. The third kappa shape index (κ3) is 13.0. The second-order valence-corrected chi connectivity index (χ2v) is 12.7. The van der Waals surface area contributed by atoms with Crippen molar-refractivity contribution in [2.45, 2.75) is 52.7 Å². The molecule has 1 aromatic heterocycles. The minimum Gasteiger partial charge on any atom is -0.443 e. The molecule has 12 heteroatoms. The number of amides is 2. The van der Waals surface area contributed by atoms with Gasteiger partial charge in [0.15, 0.2) is 0 Å². The highest BCUT2D eigenvalue weighted by Crippen LogP contribution is 2.19. The van der Waals surface area contributed by atoms with Gasteiger partial charge in [0.1, 0.15) is 17.0 Å². The predicted octanol–water partition coefficient (Wildman–Crippen LogP) is 4.59. The van der Waals surface area contributed by atoms with Crippen LogP contribution in [0.25, 0.3) is 0 Å². The Morgan fingerprint density at radius 2 is 1.39 bits per heavy atom. The van der Waals surface area contributed by atoms with E-state index in [-0.39, 0.29) is 26.4 Å². The Morgan fingerprint density at radius 1 is 0.829 bits per heavy atom. The van der Waals surface area contributed by atoms with Crippen LogP contribution in [0.5, 0.6) is 0 Å². The maximum Gasteiger partial charge on any atom is 0.416 e. The molecule has 0 spiro atoms. The van der Waals surface area contributed by atoms with E-state index >= 15 is 0 Å². The zero-order valence-electron chi connectivity index (χ0n) is 24.9. The van der Waals surface area contributed by atoms with E-state index in [1.54, 1.807) is 70.4 Å². The number of pyridine rings is 1. The van der Waals surface area contributed by atoms with E-state index in [9.17, 15) is 18.0 Å². The van der Waals surface area contributed by atoms with Crippen molar-refractivity contribution in [1.29, 1.82) is 0 Å². The molecule has 0 radical (unpaired) electrons. The first kappa shape index (κ1) is 33.5. The molecule has 0 aliphatic carbocycles. The van der Waals surface area contributed by atoms with E-state index in [0.29, 0.717) is 17.1 Å². The summed E-state index contributed by atoms with van der Waals surface area (Å²) >= 11 is 0. The Morgan fingerprint density at radius 3 is 1.93 bits per heavy atom. The monoisotopic (exact) mass is 589 g/mol. The van der Waals surface area contributed by atoms with E-state index in [2.05, 4.69) is 21.0 Å². The number of nitrogens with zero attached hydrogens (tertiary/aromatic N) is 3. The molecule has 0 atom stereocenters. The average Bonchev–Trinajstić information content (AvgIpc) is 2.84. The lowest BCUT2D eigenvalue weighted by Crippen LogP contribution is -2.39. The average molecular weight is 590 g/mol. The Labute approximate surface area is 242 Å². The van der Waals surface area contributed by atoms with Crippen LogP contribution < -0.4 is 9.80 Å². The fourth-order valence-electron chi connectivity index (χ4n) is 3.09. The van der Waals surface area contributed by atoms with E-state index in [1.807, 2.05) is 20.8 Å². The number of anilines is 2. The number of ether oxygens (including phenoxy) is 3. The summed E-state index contributed by atoms with van der Waals surface area (Å²) in [6.07, 6.45) is 1.46. The van der Waals surface area contributed by atoms with Crippen LogP contribution in [-0.4, -0.2) is 76.5 Å². The van der Waals surface area contributed by atoms with Gasteiger partial charge in [0, 0.05) is 30.1 Å². The van der Waals surface area contributed by atoms with Gasteiger partial charge in [-0.15, -0.1) is 0 Å². The highest BCUT2D eigenvalue weighted by Gasteiger charge is 2.24. The highest BCUT2D eigenvalue weighted by atomic mass is 32.2. The van der Waals surface area contributed by atoms with Crippen LogP contribution in [0, 0.1) is 11.8 Å². The minimum atomic E-state index is -3.55. The van der Waals surface area contributed by atoms with Crippen molar-refractivity contribution in [2.24, 2.45) is 0 Å². The van der Waals surface area contributed by atoms with Crippen LogP contribution in [0.3, 0.4) is 0 Å². The van der Waals surface area contributed by atoms with Crippen LogP contribution >= 0.6 is 0 Å². The van der Waals surface area contributed by atoms with Gasteiger partial charge in [-0.3, -0.25) is 14.0 Å². The molecular weight excluding hydrogens is 550 g/mol. The Bertz CT molecular complexity index is 1330. The number of aromatic nitrogens is 1. The lowest BCUT2D eigenvalue weighted by molar-refractivity contribution is 0.0549. The van der Waals surface area contributed by atoms with Gasteiger partial charge in [0.2, 0.25) is 0 Å². The molecule has 0 N–H and O–H groups in total. The number of carbonyl (C=O) groups is 2. The van der Waals surface area contributed by atoms with Gasteiger partial charge in [0.25, 0.3) is 10.1 Å². The maximum absolute atomic E-state index is 12.8. The number of hydrogen-bond acceptors (Lipinski definition) is 9. The highest BCUT2D eigenvalue weighted by molar-refractivity contribution is 7.85. The molecule has 0 unspecified atom stereocenters. The molecule has 0 bridgehead atoms. The Balaban J connectivity index is 2.07. The van der Waals surface area contributed by atoms with Crippen molar-refractivity contribution >= 4 is 33.8 Å². The first-order valence-corrected chi connectivity index (χ1v) is 14.7. The van der Waals surface area contributed by atoms with Crippen LogP contribution in [-0.2, 0) is 28.5 Å². The molecule has 1 aromatic carbocycles. The quantitative estimate of drug-likeness (QED) is 0.235. The second kappa shape index (κ2) is 14.3. The first-order valence-electron chi connectivity index (χ1n) is 12.9. The molecular formula is C29H39N3O8S. The molecule has 224 valence electrons. The van der Waals surface area contributed by atoms with Gasteiger partial charge in [0.05, 0.1) is 32.6 Å². The van der Waals surface area contributed by atoms with Gasteiger partial charge in [-0.25, -0.2) is 14.6 Å². The van der Waals surface area contributed by atoms with E-state index in [0.717, 1.165) is 11.8 Å². The summed E-state index contributed by atoms with van der Waals surface area (Å²) in [5.41, 5.74) is 0.729. The smallest absolute Gasteiger partial charge is 0.416 e. The molecule has 0 fully saturated rings. The molecule has 0 aliphatic heterocycles. The summed E-state index contributed by atoms with van der Waals surface area (Å²) in [6.45, 7) is 10.9. The maximum atomic E-state index is 12.8. The van der Waals surface area contributed by atoms with Crippen molar-refractivity contribution in [3.63, 3.8) is 0 Å².